The van der Waals surface area contributed by atoms with Crippen molar-refractivity contribution in [1.82, 2.24) is 15.2 Å². The fourth-order valence-electron chi connectivity index (χ4n) is 4.83. The SMILES string of the molecule is O=C(CO/N=C1/C(c2c(O)[nH]c3ccc(Br)cc23)=Nc2ccccc21)N1C[C@@H]2C[C@H]1CN2. The fourth-order valence-corrected chi connectivity index (χ4v) is 5.19. The van der Waals surface area contributed by atoms with E-state index in [-0.39, 0.29) is 24.4 Å². The lowest BCUT2D eigenvalue weighted by molar-refractivity contribution is -0.137. The summed E-state index contributed by atoms with van der Waals surface area (Å²) in [6.07, 6.45) is 1.000. The summed E-state index contributed by atoms with van der Waals surface area (Å²) < 4.78 is 0.885. The van der Waals surface area contributed by atoms with Crippen molar-refractivity contribution < 1.29 is 14.7 Å². The predicted molar refractivity (Wildman–Crippen MR) is 125 cm³/mol. The molecule has 2 saturated heterocycles. The van der Waals surface area contributed by atoms with Gasteiger partial charge in [-0.05, 0) is 30.7 Å². The molecule has 0 aliphatic carbocycles. The van der Waals surface area contributed by atoms with E-state index in [9.17, 15) is 9.90 Å². The summed E-state index contributed by atoms with van der Waals surface area (Å²) in [7, 11) is 0. The topological polar surface area (TPSA) is 102 Å². The number of para-hydroxylation sites is 1. The molecule has 0 unspecified atom stereocenters. The monoisotopic (exact) mass is 493 g/mol. The lowest BCUT2D eigenvalue weighted by Crippen LogP contribution is -2.47. The van der Waals surface area contributed by atoms with E-state index in [2.05, 4.69) is 31.4 Å². The Morgan fingerprint density at radius 2 is 2.19 bits per heavy atom. The van der Waals surface area contributed by atoms with E-state index in [4.69, 9.17) is 9.83 Å². The lowest BCUT2D eigenvalue weighted by Gasteiger charge is -2.26. The molecule has 3 N–H and O–H groups in total. The smallest absolute Gasteiger partial charge is 0.263 e. The van der Waals surface area contributed by atoms with Crippen molar-refractivity contribution in [2.45, 2.75) is 18.5 Å². The Hall–Kier alpha value is -3.17. The van der Waals surface area contributed by atoms with Crippen LogP contribution in [0.25, 0.3) is 10.9 Å². The third kappa shape index (κ3) is 3.11. The second-order valence-corrected chi connectivity index (χ2v) is 9.19. The van der Waals surface area contributed by atoms with Gasteiger partial charge in [-0.1, -0.05) is 39.3 Å². The number of aromatic nitrogens is 1. The standard InChI is InChI=1S/C23H20BrN5O3/c24-12-5-6-18-16(7-12)20(23(31)27-18)22-21(15-3-1-2-4-17(15)26-22)28-32-11-19(30)29-10-13-8-14(29)9-25-13/h1-7,13-14,25,27,31H,8-11H2/b28-21+/t13-,14-/m0/s1. The van der Waals surface area contributed by atoms with E-state index >= 15 is 0 Å². The largest absolute Gasteiger partial charge is 0.494 e. The Balaban J connectivity index is 1.33. The fraction of sp³-hybridized carbons (Fsp3) is 0.261. The van der Waals surface area contributed by atoms with Crippen molar-refractivity contribution in [1.29, 1.82) is 0 Å². The van der Waals surface area contributed by atoms with Crippen LogP contribution >= 0.6 is 15.9 Å². The molecule has 6 rings (SSSR count). The first-order valence-electron chi connectivity index (χ1n) is 10.5. The maximum Gasteiger partial charge on any atom is 0.263 e. The Kier molecular flexibility index (Phi) is 4.55. The summed E-state index contributed by atoms with van der Waals surface area (Å²) >= 11 is 3.49. The van der Waals surface area contributed by atoms with Crippen LogP contribution in [-0.4, -0.2) is 64.1 Å². The molecule has 4 heterocycles. The van der Waals surface area contributed by atoms with E-state index in [1.807, 2.05) is 47.4 Å². The number of aromatic amines is 1. The molecule has 0 spiro atoms. The number of hydrogen-bond acceptors (Lipinski definition) is 6. The first-order valence-corrected chi connectivity index (χ1v) is 11.3. The number of hydrogen-bond donors (Lipinski definition) is 3. The van der Waals surface area contributed by atoms with Crippen LogP contribution < -0.4 is 5.32 Å². The number of likely N-dealkylation sites (tertiary alicyclic amines) is 1. The first-order chi connectivity index (χ1) is 15.6. The number of rotatable bonds is 4. The number of oxime groups is 1. The summed E-state index contributed by atoms with van der Waals surface area (Å²) in [5.41, 5.74) is 3.87. The molecule has 2 aromatic carbocycles. The number of piperazine rings is 1. The third-order valence-electron chi connectivity index (χ3n) is 6.31. The van der Waals surface area contributed by atoms with Crippen molar-refractivity contribution in [3.63, 3.8) is 0 Å². The molecule has 3 aliphatic rings. The Morgan fingerprint density at radius 1 is 1.31 bits per heavy atom. The maximum absolute atomic E-state index is 12.7. The molecule has 1 amide bonds. The number of halogens is 1. The Morgan fingerprint density at radius 3 is 3.00 bits per heavy atom. The molecule has 8 nitrogen and oxygen atoms in total. The average molecular weight is 494 g/mol. The molecule has 0 saturated carbocycles. The van der Waals surface area contributed by atoms with Gasteiger partial charge < -0.3 is 25.1 Å². The minimum Gasteiger partial charge on any atom is -0.494 e. The molecule has 32 heavy (non-hydrogen) atoms. The maximum atomic E-state index is 12.7. The van der Waals surface area contributed by atoms with Gasteiger partial charge in [-0.15, -0.1) is 0 Å². The molecule has 0 radical (unpaired) electrons. The second-order valence-electron chi connectivity index (χ2n) is 8.27. The van der Waals surface area contributed by atoms with E-state index < -0.39 is 0 Å². The lowest BCUT2D eigenvalue weighted by atomic mass is 10.0. The van der Waals surface area contributed by atoms with E-state index in [1.54, 1.807) is 0 Å². The van der Waals surface area contributed by atoms with Gasteiger partial charge in [0.1, 0.15) is 11.4 Å². The zero-order valence-electron chi connectivity index (χ0n) is 17.0. The van der Waals surface area contributed by atoms with Gasteiger partial charge in [-0.25, -0.2) is 4.99 Å². The van der Waals surface area contributed by atoms with Crippen LogP contribution in [0.2, 0.25) is 0 Å². The molecule has 9 heteroatoms. The van der Waals surface area contributed by atoms with Gasteiger partial charge in [-0.3, -0.25) is 4.79 Å². The summed E-state index contributed by atoms with van der Waals surface area (Å²) in [5, 5.41) is 19.2. The zero-order chi connectivity index (χ0) is 21.8. The number of fused-ring (bicyclic) bond motifs is 4. The van der Waals surface area contributed by atoms with Gasteiger partial charge in [0, 0.05) is 46.1 Å². The summed E-state index contributed by atoms with van der Waals surface area (Å²) in [5.74, 6) is -0.0546. The Bertz CT molecular complexity index is 1310. The molecular weight excluding hydrogens is 474 g/mol. The average Bonchev–Trinajstić information content (AvgIpc) is 3.55. The van der Waals surface area contributed by atoms with Crippen molar-refractivity contribution in [3.8, 4) is 5.88 Å². The van der Waals surface area contributed by atoms with Gasteiger partial charge in [0.15, 0.2) is 12.5 Å². The van der Waals surface area contributed by atoms with Crippen molar-refractivity contribution >= 4 is 49.9 Å². The van der Waals surface area contributed by atoms with E-state index in [0.717, 1.165) is 46.1 Å². The second kappa shape index (κ2) is 7.46. The Labute approximate surface area is 192 Å². The minimum atomic E-state index is -0.131. The summed E-state index contributed by atoms with van der Waals surface area (Å²) in [6.45, 7) is 1.43. The molecule has 2 bridgehead atoms. The molecule has 1 aromatic heterocycles. The van der Waals surface area contributed by atoms with Gasteiger partial charge in [-0.2, -0.15) is 0 Å². The number of nitrogens with zero attached hydrogens (tertiary/aromatic N) is 3. The molecule has 2 atom stereocenters. The van der Waals surface area contributed by atoms with Gasteiger partial charge in [0.05, 0.1) is 11.3 Å². The highest BCUT2D eigenvalue weighted by molar-refractivity contribution is 9.10. The normalized spacial score (nSPS) is 22.6. The number of H-pyrrole nitrogens is 1. The molecule has 3 aromatic rings. The highest BCUT2D eigenvalue weighted by Crippen LogP contribution is 2.36. The van der Waals surface area contributed by atoms with Crippen LogP contribution in [0.1, 0.15) is 17.5 Å². The quantitative estimate of drug-likeness (QED) is 0.486. The molecule has 3 aliphatic heterocycles. The van der Waals surface area contributed by atoms with Crippen LogP contribution in [0.5, 0.6) is 5.88 Å². The van der Waals surface area contributed by atoms with E-state index in [0.29, 0.717) is 23.0 Å². The van der Waals surface area contributed by atoms with Crippen LogP contribution in [0, 0.1) is 0 Å². The summed E-state index contributed by atoms with van der Waals surface area (Å²) in [6, 6.07) is 13.9. The van der Waals surface area contributed by atoms with Crippen LogP contribution in [0.4, 0.5) is 5.69 Å². The number of nitrogens with one attached hydrogen (secondary N) is 2. The van der Waals surface area contributed by atoms with Crippen LogP contribution in [0.3, 0.4) is 0 Å². The summed E-state index contributed by atoms with van der Waals surface area (Å²) in [4.78, 5) is 27.8. The number of aromatic hydroxyl groups is 1. The third-order valence-corrected chi connectivity index (χ3v) is 6.81. The molecule has 2 fully saturated rings. The predicted octanol–water partition coefficient (Wildman–Crippen LogP) is 3.06. The zero-order valence-corrected chi connectivity index (χ0v) is 18.6. The van der Waals surface area contributed by atoms with Crippen molar-refractivity contribution in [3.05, 3.63) is 58.1 Å². The molecule has 162 valence electrons. The van der Waals surface area contributed by atoms with Crippen LogP contribution in [-0.2, 0) is 9.63 Å². The van der Waals surface area contributed by atoms with Gasteiger partial charge in [0.25, 0.3) is 5.91 Å². The highest BCUT2D eigenvalue weighted by atomic mass is 79.9. The van der Waals surface area contributed by atoms with Crippen molar-refractivity contribution in [2.75, 3.05) is 19.7 Å². The van der Waals surface area contributed by atoms with Crippen LogP contribution in [0.15, 0.2) is 57.1 Å². The number of aliphatic imine (C=N–C) groups is 1. The van der Waals surface area contributed by atoms with E-state index in [1.165, 1.54) is 0 Å². The number of amides is 1. The minimum absolute atomic E-state index is 0.00836. The molecular formula is C23H20BrN5O3. The highest BCUT2D eigenvalue weighted by Gasteiger charge is 2.40. The van der Waals surface area contributed by atoms with Gasteiger partial charge >= 0.3 is 0 Å². The number of carbonyl (C=O) groups is 1. The first kappa shape index (κ1) is 19.5. The van der Waals surface area contributed by atoms with Crippen molar-refractivity contribution in [2.24, 2.45) is 10.1 Å². The van der Waals surface area contributed by atoms with Gasteiger partial charge in [0.2, 0.25) is 0 Å². The number of carbonyl (C=O) groups excluding carboxylic acids is 1. The number of benzene rings is 2.